The Bertz CT molecular complexity index is 788. The lowest BCUT2D eigenvalue weighted by Gasteiger charge is -2.32. The third kappa shape index (κ3) is 7.11. The van der Waals surface area contributed by atoms with Crippen LogP contribution in [0.4, 0.5) is 4.39 Å². The van der Waals surface area contributed by atoms with E-state index in [1.54, 1.807) is 19.2 Å². The van der Waals surface area contributed by atoms with Crippen LogP contribution < -0.4 is 4.74 Å². The molecule has 162 valence electrons. The van der Waals surface area contributed by atoms with Crippen molar-refractivity contribution >= 4 is 5.91 Å². The normalized spacial score (nSPS) is 14.7. The van der Waals surface area contributed by atoms with Gasteiger partial charge in [-0.2, -0.15) is 0 Å². The van der Waals surface area contributed by atoms with E-state index in [9.17, 15) is 9.18 Å². The summed E-state index contributed by atoms with van der Waals surface area (Å²) >= 11 is 0. The van der Waals surface area contributed by atoms with Gasteiger partial charge in [0.05, 0.1) is 13.2 Å². The van der Waals surface area contributed by atoms with Gasteiger partial charge in [0.1, 0.15) is 24.8 Å². The first-order chi connectivity index (χ1) is 14.6. The average molecular weight is 416 g/mol. The molecule has 0 saturated carbocycles. The highest BCUT2D eigenvalue weighted by atomic mass is 19.1. The number of hydrogen-bond donors (Lipinski definition) is 0. The van der Waals surface area contributed by atoms with E-state index in [1.165, 1.54) is 17.7 Å². The maximum absolute atomic E-state index is 13.2. The quantitative estimate of drug-likeness (QED) is 0.553. The summed E-state index contributed by atoms with van der Waals surface area (Å²) in [5, 5.41) is 0. The summed E-state index contributed by atoms with van der Waals surface area (Å²) in [6.07, 6.45) is 3.03. The van der Waals surface area contributed by atoms with Crippen molar-refractivity contribution in [3.63, 3.8) is 0 Å². The fraction of sp³-hybridized carbons (Fsp3) is 0.458. The number of carbonyl (C=O) groups excluding carboxylic acids is 1. The molecule has 0 spiro atoms. The first-order valence-electron chi connectivity index (χ1n) is 10.4. The van der Waals surface area contributed by atoms with Gasteiger partial charge in [0.2, 0.25) is 5.91 Å². The first kappa shape index (κ1) is 22.2. The lowest BCUT2D eigenvalue weighted by atomic mass is 9.90. The van der Waals surface area contributed by atoms with Gasteiger partial charge in [0.15, 0.2) is 0 Å². The molecule has 6 heteroatoms. The average Bonchev–Trinajstić information content (AvgIpc) is 2.77. The van der Waals surface area contributed by atoms with Crippen LogP contribution in [0.2, 0.25) is 0 Å². The highest BCUT2D eigenvalue weighted by Gasteiger charge is 2.22. The minimum atomic E-state index is -0.297. The second kappa shape index (κ2) is 11.7. The maximum atomic E-state index is 13.2. The zero-order chi connectivity index (χ0) is 21.2. The molecule has 1 fully saturated rings. The minimum absolute atomic E-state index is 0.0622. The van der Waals surface area contributed by atoms with E-state index in [1.807, 2.05) is 4.90 Å². The van der Waals surface area contributed by atoms with Crippen molar-refractivity contribution < 1.29 is 23.4 Å². The fourth-order valence-corrected chi connectivity index (χ4v) is 3.61. The Hall–Kier alpha value is -2.44. The third-order valence-corrected chi connectivity index (χ3v) is 5.37. The van der Waals surface area contributed by atoms with Crippen molar-refractivity contribution in [1.82, 2.24) is 4.90 Å². The van der Waals surface area contributed by atoms with Crippen molar-refractivity contribution in [3.8, 4) is 5.75 Å². The van der Waals surface area contributed by atoms with Gasteiger partial charge < -0.3 is 19.1 Å². The molecule has 1 heterocycles. The Labute approximate surface area is 177 Å². The molecule has 1 aliphatic heterocycles. The van der Waals surface area contributed by atoms with Crippen molar-refractivity contribution in [2.24, 2.45) is 5.92 Å². The summed E-state index contributed by atoms with van der Waals surface area (Å²) in [4.78, 5) is 14.1. The Morgan fingerprint density at radius 3 is 2.50 bits per heavy atom. The lowest BCUT2D eigenvalue weighted by Crippen LogP contribution is -2.40. The Morgan fingerprint density at radius 1 is 1.07 bits per heavy atom. The van der Waals surface area contributed by atoms with Crippen molar-refractivity contribution in [3.05, 3.63) is 65.5 Å². The monoisotopic (exact) mass is 415 g/mol. The van der Waals surface area contributed by atoms with Gasteiger partial charge in [-0.05, 0) is 48.4 Å². The Balaban J connectivity index is 1.38. The number of hydrogen-bond acceptors (Lipinski definition) is 4. The van der Waals surface area contributed by atoms with Crippen LogP contribution in [0.3, 0.4) is 0 Å². The zero-order valence-electron chi connectivity index (χ0n) is 17.5. The number of nitrogens with zero attached hydrogens (tertiary/aromatic N) is 1. The van der Waals surface area contributed by atoms with Crippen LogP contribution in [0.15, 0.2) is 48.5 Å². The standard InChI is InChI=1S/C24H30FNO4/c1-28-13-14-29-18-24(27)26-11-9-20(10-12-26)15-19-5-7-21(8-6-19)17-30-23-4-2-3-22(25)16-23/h2-8,16,20H,9-15,17-18H2,1H3. The molecule has 0 aliphatic carbocycles. The second-order valence-corrected chi connectivity index (χ2v) is 7.64. The molecule has 0 radical (unpaired) electrons. The molecular formula is C24H30FNO4. The SMILES string of the molecule is COCCOCC(=O)N1CCC(Cc2ccc(COc3cccc(F)c3)cc2)CC1. The summed E-state index contributed by atoms with van der Waals surface area (Å²) in [7, 11) is 1.62. The van der Waals surface area contributed by atoms with Crippen LogP contribution in [0.1, 0.15) is 24.0 Å². The topological polar surface area (TPSA) is 48.0 Å². The Kier molecular flexibility index (Phi) is 8.66. The number of likely N-dealkylation sites (tertiary alicyclic amines) is 1. The maximum Gasteiger partial charge on any atom is 0.248 e. The number of piperidine rings is 1. The van der Waals surface area contributed by atoms with Gasteiger partial charge in [0.25, 0.3) is 0 Å². The molecule has 1 aliphatic rings. The van der Waals surface area contributed by atoms with Gasteiger partial charge in [-0.15, -0.1) is 0 Å². The summed E-state index contributed by atoms with van der Waals surface area (Å²) < 4.78 is 29.1. The molecule has 30 heavy (non-hydrogen) atoms. The summed E-state index contributed by atoms with van der Waals surface area (Å²) in [5.74, 6) is 0.878. The van der Waals surface area contributed by atoms with Crippen LogP contribution >= 0.6 is 0 Å². The van der Waals surface area contributed by atoms with Gasteiger partial charge in [0, 0.05) is 26.3 Å². The van der Waals surface area contributed by atoms with E-state index in [0.29, 0.717) is 31.5 Å². The van der Waals surface area contributed by atoms with Crippen molar-refractivity contribution in [2.45, 2.75) is 25.9 Å². The van der Waals surface area contributed by atoms with E-state index < -0.39 is 0 Å². The lowest BCUT2D eigenvalue weighted by molar-refractivity contribution is -0.137. The van der Waals surface area contributed by atoms with Crippen molar-refractivity contribution in [2.75, 3.05) is 40.0 Å². The molecule has 0 bridgehead atoms. The molecule has 5 nitrogen and oxygen atoms in total. The van der Waals surface area contributed by atoms with E-state index >= 15 is 0 Å². The van der Waals surface area contributed by atoms with Gasteiger partial charge in [-0.25, -0.2) is 4.39 Å². The minimum Gasteiger partial charge on any atom is -0.489 e. The van der Waals surface area contributed by atoms with E-state index in [-0.39, 0.29) is 18.3 Å². The molecular weight excluding hydrogens is 385 g/mol. The van der Waals surface area contributed by atoms with Crippen LogP contribution in [0.25, 0.3) is 0 Å². The summed E-state index contributed by atoms with van der Waals surface area (Å²) in [5.41, 5.74) is 2.34. The van der Waals surface area contributed by atoms with Crippen molar-refractivity contribution in [1.29, 1.82) is 0 Å². The number of amides is 1. The molecule has 1 saturated heterocycles. The van der Waals surface area contributed by atoms with Crippen LogP contribution in [-0.4, -0.2) is 50.8 Å². The van der Waals surface area contributed by atoms with Gasteiger partial charge in [-0.1, -0.05) is 30.3 Å². The van der Waals surface area contributed by atoms with Gasteiger partial charge >= 0.3 is 0 Å². The fourth-order valence-electron chi connectivity index (χ4n) is 3.61. The molecule has 0 N–H and O–H groups in total. The molecule has 0 atom stereocenters. The van der Waals surface area contributed by atoms with E-state index in [4.69, 9.17) is 14.2 Å². The molecule has 1 amide bonds. The number of benzene rings is 2. The number of halogens is 1. The highest BCUT2D eigenvalue weighted by Crippen LogP contribution is 2.22. The number of methoxy groups -OCH3 is 1. The predicted molar refractivity (Wildman–Crippen MR) is 113 cm³/mol. The smallest absolute Gasteiger partial charge is 0.248 e. The van der Waals surface area contributed by atoms with E-state index in [2.05, 4.69) is 24.3 Å². The number of rotatable bonds is 10. The predicted octanol–water partition coefficient (Wildman–Crippen LogP) is 3.85. The summed E-state index contributed by atoms with van der Waals surface area (Å²) in [6.45, 7) is 3.07. The molecule has 3 rings (SSSR count). The second-order valence-electron chi connectivity index (χ2n) is 7.64. The van der Waals surface area contributed by atoms with E-state index in [0.717, 1.165) is 37.9 Å². The molecule has 2 aromatic rings. The summed E-state index contributed by atoms with van der Waals surface area (Å²) in [6, 6.07) is 14.6. The van der Waals surface area contributed by atoms with Crippen LogP contribution in [0.5, 0.6) is 5.75 Å². The Morgan fingerprint density at radius 2 is 1.80 bits per heavy atom. The number of ether oxygens (including phenoxy) is 3. The van der Waals surface area contributed by atoms with Crippen LogP contribution in [0, 0.1) is 11.7 Å². The first-order valence-corrected chi connectivity index (χ1v) is 10.4. The van der Waals surface area contributed by atoms with Gasteiger partial charge in [-0.3, -0.25) is 4.79 Å². The third-order valence-electron chi connectivity index (χ3n) is 5.37. The largest absolute Gasteiger partial charge is 0.489 e. The zero-order valence-corrected chi connectivity index (χ0v) is 17.5. The highest BCUT2D eigenvalue weighted by molar-refractivity contribution is 5.77. The molecule has 0 unspecified atom stereocenters. The van der Waals surface area contributed by atoms with Crippen LogP contribution in [-0.2, 0) is 27.3 Å². The number of carbonyl (C=O) groups is 1. The molecule has 2 aromatic carbocycles. The molecule has 0 aromatic heterocycles.